The molecule has 0 aliphatic carbocycles. The number of sulfonamides is 1. The molecule has 2 unspecified atom stereocenters. The number of nitrogens with zero attached hydrogens (tertiary/aromatic N) is 2. The maximum Gasteiger partial charge on any atom is 0.270 e. The molecular formula is C21H26N4O6S. The van der Waals surface area contributed by atoms with Crippen molar-refractivity contribution in [3.05, 3.63) is 64.2 Å². The molecule has 172 valence electrons. The third-order valence-electron chi connectivity index (χ3n) is 4.95. The normalized spacial score (nSPS) is 19.3. The molecule has 1 fully saturated rings. The molecule has 32 heavy (non-hydrogen) atoms. The average Bonchev–Trinajstić information content (AvgIpc) is 2.73. The molecule has 2 aromatic carbocycles. The lowest BCUT2D eigenvalue weighted by atomic mass is 10.2. The molecular weight excluding hydrogens is 436 g/mol. The highest BCUT2D eigenvalue weighted by Crippen LogP contribution is 2.20. The lowest BCUT2D eigenvalue weighted by Crippen LogP contribution is -2.47. The Morgan fingerprint density at radius 3 is 2.44 bits per heavy atom. The van der Waals surface area contributed by atoms with Gasteiger partial charge in [0.15, 0.2) is 0 Å². The van der Waals surface area contributed by atoms with Gasteiger partial charge in [-0.1, -0.05) is 6.07 Å². The van der Waals surface area contributed by atoms with Gasteiger partial charge in [0.05, 0.1) is 22.0 Å². The van der Waals surface area contributed by atoms with Crippen molar-refractivity contribution in [2.45, 2.75) is 31.0 Å². The van der Waals surface area contributed by atoms with Crippen molar-refractivity contribution in [2.24, 2.45) is 0 Å². The summed E-state index contributed by atoms with van der Waals surface area (Å²) in [7, 11) is -4.01. The number of anilines is 1. The number of nitro groups is 1. The van der Waals surface area contributed by atoms with Crippen molar-refractivity contribution in [2.75, 3.05) is 30.9 Å². The largest absolute Gasteiger partial charge is 0.373 e. The van der Waals surface area contributed by atoms with E-state index in [1.165, 1.54) is 42.5 Å². The number of benzene rings is 2. The zero-order valence-corrected chi connectivity index (χ0v) is 18.7. The van der Waals surface area contributed by atoms with Crippen molar-refractivity contribution in [1.82, 2.24) is 10.2 Å². The zero-order valence-electron chi connectivity index (χ0n) is 17.9. The summed E-state index contributed by atoms with van der Waals surface area (Å²) in [5, 5.41) is 13.7. The fourth-order valence-corrected chi connectivity index (χ4v) is 4.66. The van der Waals surface area contributed by atoms with Gasteiger partial charge < -0.3 is 10.1 Å². The van der Waals surface area contributed by atoms with Gasteiger partial charge in [0.2, 0.25) is 0 Å². The van der Waals surface area contributed by atoms with Gasteiger partial charge in [-0.15, -0.1) is 0 Å². The molecule has 10 nitrogen and oxygen atoms in total. The molecule has 1 aliphatic rings. The van der Waals surface area contributed by atoms with Crippen LogP contribution < -0.4 is 10.0 Å². The summed E-state index contributed by atoms with van der Waals surface area (Å²) < 4.78 is 33.1. The first-order valence-corrected chi connectivity index (χ1v) is 11.7. The standard InChI is InChI=1S/C21H26N4O6S/c1-15-13-24(14-16(2)31-15)11-10-22-21(26)17-6-8-18(9-7-17)23-32(29,30)20-5-3-4-19(12-20)25(27)28/h3-9,12,15-16,23H,10-11,13-14H2,1-2H3,(H,22,26). The van der Waals surface area contributed by atoms with Gasteiger partial charge in [0.25, 0.3) is 21.6 Å². The van der Waals surface area contributed by atoms with E-state index in [-0.39, 0.29) is 34.4 Å². The third kappa shape index (κ3) is 6.25. The molecule has 2 atom stereocenters. The number of carbonyl (C=O) groups excluding carboxylic acids is 1. The van der Waals surface area contributed by atoms with Gasteiger partial charge in [-0.2, -0.15) is 0 Å². The molecule has 1 amide bonds. The monoisotopic (exact) mass is 462 g/mol. The fourth-order valence-electron chi connectivity index (χ4n) is 3.56. The van der Waals surface area contributed by atoms with Crippen molar-refractivity contribution in [1.29, 1.82) is 0 Å². The Bertz CT molecular complexity index is 1060. The van der Waals surface area contributed by atoms with Crippen molar-refractivity contribution in [3.8, 4) is 0 Å². The van der Waals surface area contributed by atoms with Crippen LogP contribution >= 0.6 is 0 Å². The second-order valence-corrected chi connectivity index (χ2v) is 9.39. The minimum Gasteiger partial charge on any atom is -0.373 e. The predicted molar refractivity (Wildman–Crippen MR) is 119 cm³/mol. The highest BCUT2D eigenvalue weighted by Gasteiger charge is 2.22. The summed E-state index contributed by atoms with van der Waals surface area (Å²) in [4.78, 5) is 24.6. The first-order valence-electron chi connectivity index (χ1n) is 10.2. The summed E-state index contributed by atoms with van der Waals surface area (Å²) >= 11 is 0. The topological polar surface area (TPSA) is 131 Å². The van der Waals surface area contributed by atoms with E-state index in [4.69, 9.17) is 4.74 Å². The van der Waals surface area contributed by atoms with Gasteiger partial charge in [-0.25, -0.2) is 8.42 Å². The molecule has 1 saturated heterocycles. The van der Waals surface area contributed by atoms with Crippen LogP contribution in [0.3, 0.4) is 0 Å². The highest BCUT2D eigenvalue weighted by atomic mass is 32.2. The van der Waals surface area contributed by atoms with Crippen molar-refractivity contribution >= 4 is 27.3 Å². The molecule has 11 heteroatoms. The Hall–Kier alpha value is -3.02. The molecule has 0 radical (unpaired) electrons. The molecule has 0 aromatic heterocycles. The zero-order chi connectivity index (χ0) is 23.3. The second kappa shape index (κ2) is 10.1. The van der Waals surface area contributed by atoms with Crippen LogP contribution in [0.4, 0.5) is 11.4 Å². The summed E-state index contributed by atoms with van der Waals surface area (Å²) in [6.45, 7) is 6.88. The highest BCUT2D eigenvalue weighted by molar-refractivity contribution is 7.92. The minimum atomic E-state index is -4.01. The number of non-ortho nitro benzene ring substituents is 1. The van der Waals surface area contributed by atoms with E-state index >= 15 is 0 Å². The van der Waals surface area contributed by atoms with Crippen LogP contribution in [0.2, 0.25) is 0 Å². The summed E-state index contributed by atoms with van der Waals surface area (Å²) in [5.41, 5.74) is 0.317. The Labute approximate surface area is 186 Å². The quantitative estimate of drug-likeness (QED) is 0.454. The number of carbonyl (C=O) groups is 1. The lowest BCUT2D eigenvalue weighted by molar-refractivity contribution is -0.385. The van der Waals surface area contributed by atoms with Crippen molar-refractivity contribution < 1.29 is 22.9 Å². The molecule has 0 bridgehead atoms. The van der Waals surface area contributed by atoms with E-state index in [2.05, 4.69) is 14.9 Å². The number of amides is 1. The van der Waals surface area contributed by atoms with Crippen LogP contribution in [0.15, 0.2) is 53.4 Å². The van der Waals surface area contributed by atoms with Crippen LogP contribution in [0.5, 0.6) is 0 Å². The Morgan fingerprint density at radius 1 is 1.16 bits per heavy atom. The van der Waals surface area contributed by atoms with E-state index in [9.17, 15) is 23.3 Å². The van der Waals surface area contributed by atoms with Gasteiger partial charge >= 0.3 is 0 Å². The smallest absolute Gasteiger partial charge is 0.270 e. The van der Waals surface area contributed by atoms with Gasteiger partial charge in [0.1, 0.15) is 0 Å². The van der Waals surface area contributed by atoms with Gasteiger partial charge in [-0.3, -0.25) is 24.5 Å². The summed E-state index contributed by atoms with van der Waals surface area (Å²) in [6.07, 6.45) is 0.320. The number of morpholine rings is 1. The Morgan fingerprint density at radius 2 is 1.81 bits per heavy atom. The number of hydrogen-bond acceptors (Lipinski definition) is 7. The number of hydrogen-bond donors (Lipinski definition) is 2. The Kier molecular flexibility index (Phi) is 7.44. The van der Waals surface area contributed by atoms with E-state index in [1.54, 1.807) is 0 Å². The molecule has 0 spiro atoms. The van der Waals surface area contributed by atoms with Crippen LogP contribution in [-0.4, -0.2) is 62.5 Å². The molecule has 1 aliphatic heterocycles. The van der Waals surface area contributed by atoms with Crippen LogP contribution in [0.1, 0.15) is 24.2 Å². The van der Waals surface area contributed by atoms with Crippen LogP contribution in [0.25, 0.3) is 0 Å². The molecule has 0 saturated carbocycles. The number of nitro benzene ring substituents is 1. The maximum atomic E-state index is 12.5. The van der Waals surface area contributed by atoms with E-state index in [1.807, 2.05) is 13.8 Å². The summed E-state index contributed by atoms with van der Waals surface area (Å²) in [6, 6.07) is 10.7. The first-order chi connectivity index (χ1) is 15.1. The molecule has 3 rings (SSSR count). The minimum absolute atomic E-state index is 0.160. The van der Waals surface area contributed by atoms with E-state index in [0.717, 1.165) is 19.2 Å². The molecule has 1 heterocycles. The van der Waals surface area contributed by atoms with E-state index in [0.29, 0.717) is 18.7 Å². The second-order valence-electron chi connectivity index (χ2n) is 7.71. The lowest BCUT2D eigenvalue weighted by Gasteiger charge is -2.35. The number of ether oxygens (including phenoxy) is 1. The molecule has 2 N–H and O–H groups in total. The molecule has 2 aromatic rings. The first kappa shape index (κ1) is 23.6. The van der Waals surface area contributed by atoms with E-state index < -0.39 is 14.9 Å². The van der Waals surface area contributed by atoms with Crippen LogP contribution in [-0.2, 0) is 14.8 Å². The SMILES string of the molecule is CC1CN(CCNC(=O)c2ccc(NS(=O)(=O)c3cccc([N+](=O)[O-])c3)cc2)CC(C)O1. The maximum absolute atomic E-state index is 12.5. The fraction of sp³-hybridized carbons (Fsp3) is 0.381. The number of rotatable bonds is 8. The predicted octanol–water partition coefficient (Wildman–Crippen LogP) is 2.23. The van der Waals surface area contributed by atoms with Gasteiger partial charge in [-0.05, 0) is 44.2 Å². The van der Waals surface area contributed by atoms with Crippen LogP contribution in [0, 0.1) is 10.1 Å². The average molecular weight is 463 g/mol. The number of nitrogens with one attached hydrogen (secondary N) is 2. The van der Waals surface area contributed by atoms with Crippen molar-refractivity contribution in [3.63, 3.8) is 0 Å². The summed E-state index contributed by atoms with van der Waals surface area (Å²) in [5.74, 6) is -0.257. The van der Waals surface area contributed by atoms with Gasteiger partial charge in [0, 0.05) is 49.6 Å². The Balaban J connectivity index is 1.55. The third-order valence-corrected chi connectivity index (χ3v) is 6.33.